The zero-order valence-corrected chi connectivity index (χ0v) is 14.4. The van der Waals surface area contributed by atoms with Crippen molar-refractivity contribution in [2.24, 2.45) is 5.92 Å². The van der Waals surface area contributed by atoms with Gasteiger partial charge in [-0.3, -0.25) is 0 Å². The van der Waals surface area contributed by atoms with Gasteiger partial charge in [-0.15, -0.1) is 0 Å². The second-order valence-corrected chi connectivity index (χ2v) is 7.38. The molecule has 0 aromatic carbocycles. The first-order chi connectivity index (χ1) is 10.4. The van der Waals surface area contributed by atoms with E-state index in [1.54, 1.807) is 0 Å². The molecule has 2 nitrogen and oxygen atoms in total. The Balaban J connectivity index is 1.34. The lowest BCUT2D eigenvalue weighted by Gasteiger charge is -2.45. The molecular weight excluding hydrogens is 256 g/mol. The highest BCUT2D eigenvalue weighted by Gasteiger charge is 2.33. The highest BCUT2D eigenvalue weighted by atomic mass is 15.2. The molecule has 0 spiro atoms. The minimum absolute atomic E-state index is 0.811. The Morgan fingerprint density at radius 3 is 1.90 bits per heavy atom. The van der Waals surface area contributed by atoms with Crippen LogP contribution in [0.4, 0.5) is 0 Å². The molecule has 21 heavy (non-hydrogen) atoms. The molecule has 1 atom stereocenters. The van der Waals surface area contributed by atoms with Gasteiger partial charge in [0.2, 0.25) is 0 Å². The molecule has 0 radical (unpaired) electrons. The van der Waals surface area contributed by atoms with Crippen molar-refractivity contribution in [1.82, 2.24) is 10.2 Å². The minimum atomic E-state index is 0.811. The van der Waals surface area contributed by atoms with Gasteiger partial charge in [0.1, 0.15) is 0 Å². The van der Waals surface area contributed by atoms with Crippen LogP contribution in [0.2, 0.25) is 0 Å². The second-order valence-electron chi connectivity index (χ2n) is 7.38. The Morgan fingerprint density at radius 2 is 1.38 bits per heavy atom. The largest absolute Gasteiger partial charge is 0.312 e. The number of unbranched alkanes of at least 4 members (excludes halogenated alkanes) is 9. The maximum absolute atomic E-state index is 3.84. The SMILES string of the molecule is CCCCCCCCCCCCNC1CN2CCC1CC2. The van der Waals surface area contributed by atoms with Gasteiger partial charge >= 0.3 is 0 Å². The van der Waals surface area contributed by atoms with Gasteiger partial charge in [-0.1, -0.05) is 64.7 Å². The summed E-state index contributed by atoms with van der Waals surface area (Å²) in [6.45, 7) is 7.60. The first-order valence-electron chi connectivity index (χ1n) is 9.86. The van der Waals surface area contributed by atoms with Crippen LogP contribution in [0.25, 0.3) is 0 Å². The molecule has 0 aliphatic carbocycles. The van der Waals surface area contributed by atoms with E-state index in [-0.39, 0.29) is 0 Å². The molecule has 3 saturated heterocycles. The van der Waals surface area contributed by atoms with Crippen LogP contribution >= 0.6 is 0 Å². The lowest BCUT2D eigenvalue weighted by atomic mass is 9.84. The number of hydrogen-bond acceptors (Lipinski definition) is 2. The topological polar surface area (TPSA) is 15.3 Å². The van der Waals surface area contributed by atoms with Crippen LogP contribution in [0.5, 0.6) is 0 Å². The summed E-state index contributed by atoms with van der Waals surface area (Å²) in [5.41, 5.74) is 0. The average molecular weight is 295 g/mol. The van der Waals surface area contributed by atoms with E-state index in [9.17, 15) is 0 Å². The Kier molecular flexibility index (Phi) is 8.73. The molecule has 1 N–H and O–H groups in total. The molecule has 0 aromatic rings. The molecule has 2 bridgehead atoms. The van der Waals surface area contributed by atoms with Crippen LogP contribution in [0.15, 0.2) is 0 Å². The quantitative estimate of drug-likeness (QED) is 0.530. The zero-order valence-electron chi connectivity index (χ0n) is 14.4. The number of nitrogens with one attached hydrogen (secondary N) is 1. The summed E-state index contributed by atoms with van der Waals surface area (Å²) >= 11 is 0. The number of rotatable bonds is 12. The zero-order chi connectivity index (χ0) is 14.8. The van der Waals surface area contributed by atoms with Crippen molar-refractivity contribution >= 4 is 0 Å². The minimum Gasteiger partial charge on any atom is -0.312 e. The van der Waals surface area contributed by atoms with E-state index in [0.717, 1.165) is 12.0 Å². The van der Waals surface area contributed by atoms with Crippen molar-refractivity contribution in [3.05, 3.63) is 0 Å². The van der Waals surface area contributed by atoms with Crippen molar-refractivity contribution < 1.29 is 0 Å². The molecular formula is C19H38N2. The van der Waals surface area contributed by atoms with Crippen LogP contribution in [0, 0.1) is 5.92 Å². The fourth-order valence-corrected chi connectivity index (χ4v) is 4.10. The van der Waals surface area contributed by atoms with Gasteiger partial charge < -0.3 is 10.2 Å². The van der Waals surface area contributed by atoms with E-state index < -0.39 is 0 Å². The van der Waals surface area contributed by atoms with Gasteiger partial charge in [-0.2, -0.15) is 0 Å². The third kappa shape index (κ3) is 6.69. The third-order valence-electron chi connectivity index (χ3n) is 5.59. The average Bonchev–Trinajstić information content (AvgIpc) is 2.54. The summed E-state index contributed by atoms with van der Waals surface area (Å²) < 4.78 is 0. The maximum Gasteiger partial charge on any atom is 0.0224 e. The summed E-state index contributed by atoms with van der Waals surface area (Å²) in [5, 5.41) is 3.84. The predicted molar refractivity (Wildman–Crippen MR) is 92.8 cm³/mol. The normalized spacial score (nSPS) is 28.1. The third-order valence-corrected chi connectivity index (χ3v) is 5.59. The van der Waals surface area contributed by atoms with Gasteiger partial charge in [0.15, 0.2) is 0 Å². The van der Waals surface area contributed by atoms with Crippen molar-refractivity contribution in [3.63, 3.8) is 0 Å². The Hall–Kier alpha value is -0.0800. The van der Waals surface area contributed by atoms with Gasteiger partial charge in [0.05, 0.1) is 0 Å². The number of fused-ring (bicyclic) bond motifs is 3. The van der Waals surface area contributed by atoms with E-state index in [4.69, 9.17) is 0 Å². The predicted octanol–water partition coefficient (Wildman–Crippen LogP) is 4.59. The fourth-order valence-electron chi connectivity index (χ4n) is 4.10. The molecule has 3 fully saturated rings. The Bertz CT molecular complexity index is 246. The molecule has 3 rings (SSSR count). The van der Waals surface area contributed by atoms with Gasteiger partial charge in [-0.25, -0.2) is 0 Å². The Morgan fingerprint density at radius 1 is 0.810 bits per heavy atom. The second kappa shape index (κ2) is 10.6. The van der Waals surface area contributed by atoms with Crippen molar-refractivity contribution in [1.29, 1.82) is 0 Å². The lowest BCUT2D eigenvalue weighted by Crippen LogP contribution is -2.56. The summed E-state index contributed by atoms with van der Waals surface area (Å²) in [5.74, 6) is 0.984. The molecule has 124 valence electrons. The molecule has 3 heterocycles. The van der Waals surface area contributed by atoms with Crippen LogP contribution in [0.3, 0.4) is 0 Å². The van der Waals surface area contributed by atoms with Gasteiger partial charge in [0.25, 0.3) is 0 Å². The number of piperidine rings is 3. The van der Waals surface area contributed by atoms with Crippen molar-refractivity contribution in [3.8, 4) is 0 Å². The molecule has 3 aliphatic rings. The molecule has 0 amide bonds. The van der Waals surface area contributed by atoms with E-state index in [2.05, 4.69) is 17.1 Å². The highest BCUT2D eigenvalue weighted by molar-refractivity contribution is 4.90. The maximum atomic E-state index is 3.84. The monoisotopic (exact) mass is 294 g/mol. The number of hydrogen-bond donors (Lipinski definition) is 1. The van der Waals surface area contributed by atoms with Crippen molar-refractivity contribution in [2.75, 3.05) is 26.2 Å². The van der Waals surface area contributed by atoms with E-state index in [1.807, 2.05) is 0 Å². The molecule has 0 saturated carbocycles. The molecule has 2 heteroatoms. The van der Waals surface area contributed by atoms with Crippen LogP contribution in [-0.2, 0) is 0 Å². The van der Waals surface area contributed by atoms with Gasteiger partial charge in [-0.05, 0) is 44.8 Å². The fraction of sp³-hybridized carbons (Fsp3) is 1.00. The summed E-state index contributed by atoms with van der Waals surface area (Å²) in [6.07, 6.45) is 17.3. The number of nitrogens with zero attached hydrogens (tertiary/aromatic N) is 1. The first-order valence-corrected chi connectivity index (χ1v) is 9.86. The van der Waals surface area contributed by atoms with E-state index >= 15 is 0 Å². The molecule has 0 aromatic heterocycles. The lowest BCUT2D eigenvalue weighted by molar-refractivity contribution is 0.0727. The summed E-state index contributed by atoms with van der Waals surface area (Å²) in [4.78, 5) is 2.65. The van der Waals surface area contributed by atoms with Crippen molar-refractivity contribution in [2.45, 2.75) is 90.0 Å². The highest BCUT2D eigenvalue weighted by Crippen LogP contribution is 2.27. The smallest absolute Gasteiger partial charge is 0.0224 e. The van der Waals surface area contributed by atoms with Gasteiger partial charge in [0, 0.05) is 12.6 Å². The van der Waals surface area contributed by atoms with Crippen LogP contribution in [-0.4, -0.2) is 37.1 Å². The summed E-state index contributed by atoms with van der Waals surface area (Å²) in [7, 11) is 0. The van der Waals surface area contributed by atoms with Crippen LogP contribution in [0.1, 0.15) is 84.0 Å². The van der Waals surface area contributed by atoms with E-state index in [0.29, 0.717) is 0 Å². The molecule has 3 aliphatic heterocycles. The molecule has 1 unspecified atom stereocenters. The van der Waals surface area contributed by atoms with Crippen LogP contribution < -0.4 is 5.32 Å². The van der Waals surface area contributed by atoms with E-state index in [1.165, 1.54) is 103 Å². The Labute approximate surface area is 133 Å². The summed E-state index contributed by atoms with van der Waals surface area (Å²) in [6, 6.07) is 0.811. The standard InChI is InChI=1S/C19H38N2/c1-2-3-4-5-6-7-8-9-10-11-14-20-19-17-21-15-12-18(19)13-16-21/h18-20H,2-17H2,1H3. The first kappa shape index (κ1) is 17.3.